The van der Waals surface area contributed by atoms with E-state index < -0.39 is 52.4 Å². The Morgan fingerprint density at radius 1 is 1.25 bits per heavy atom. The predicted molar refractivity (Wildman–Crippen MR) is 99.9 cm³/mol. The van der Waals surface area contributed by atoms with Crippen molar-refractivity contribution in [1.82, 2.24) is 0 Å². The Morgan fingerprint density at radius 3 is 2.57 bits per heavy atom. The number of halogens is 1. The van der Waals surface area contributed by atoms with E-state index in [-0.39, 0.29) is 18.1 Å². The summed E-state index contributed by atoms with van der Waals surface area (Å²) >= 11 is 0. The van der Waals surface area contributed by atoms with Crippen molar-refractivity contribution >= 4 is 11.6 Å². The van der Waals surface area contributed by atoms with Gasteiger partial charge in [-0.2, -0.15) is 0 Å². The largest absolute Gasteiger partial charge is 0.393 e. The molecule has 0 aromatic carbocycles. The van der Waals surface area contributed by atoms with Gasteiger partial charge in [0.2, 0.25) is 0 Å². The van der Waals surface area contributed by atoms with Gasteiger partial charge in [0, 0.05) is 16.7 Å². The zero-order valence-corrected chi connectivity index (χ0v) is 16.6. The third-order valence-electron chi connectivity index (χ3n) is 8.61. The number of hydrogen-bond donors (Lipinski definition) is 3. The number of allylic oxidation sites excluding steroid dienone is 4. The number of fused-ring (bicyclic) bond motifs is 5. The lowest BCUT2D eigenvalue weighted by Gasteiger charge is -2.64. The summed E-state index contributed by atoms with van der Waals surface area (Å²) in [6, 6.07) is 0. The lowest BCUT2D eigenvalue weighted by molar-refractivity contribution is -0.226. The van der Waals surface area contributed by atoms with Crippen LogP contribution in [-0.4, -0.2) is 50.9 Å². The molecule has 3 saturated carbocycles. The molecule has 5 nitrogen and oxygen atoms in total. The topological polar surface area (TPSA) is 94.8 Å². The van der Waals surface area contributed by atoms with Crippen LogP contribution in [0.3, 0.4) is 0 Å². The van der Waals surface area contributed by atoms with Crippen molar-refractivity contribution < 1.29 is 29.3 Å². The van der Waals surface area contributed by atoms with Gasteiger partial charge in [0.05, 0.1) is 12.7 Å². The molecule has 0 heterocycles. The Morgan fingerprint density at radius 2 is 1.93 bits per heavy atom. The molecule has 0 unspecified atom stereocenters. The third kappa shape index (κ3) is 2.12. The van der Waals surface area contributed by atoms with E-state index in [0.717, 1.165) is 0 Å². The maximum atomic E-state index is 16.9. The quantitative estimate of drug-likeness (QED) is 0.634. The molecule has 0 aromatic heterocycles. The molecule has 8 atom stereocenters. The second-order valence-corrected chi connectivity index (χ2v) is 9.81. The minimum Gasteiger partial charge on any atom is -0.393 e. The molecule has 0 aliphatic heterocycles. The fraction of sp³-hybridized carbons (Fsp3) is 0.727. The molecule has 0 bridgehead atoms. The van der Waals surface area contributed by atoms with Gasteiger partial charge < -0.3 is 15.3 Å². The Hall–Kier alpha value is -1.37. The molecule has 154 valence electrons. The van der Waals surface area contributed by atoms with E-state index in [1.165, 1.54) is 12.2 Å². The molecule has 0 aromatic rings. The maximum Gasteiger partial charge on any atom is 0.178 e. The molecule has 0 radical (unpaired) electrons. The van der Waals surface area contributed by atoms with E-state index in [2.05, 4.69) is 0 Å². The van der Waals surface area contributed by atoms with Crippen LogP contribution in [0.1, 0.15) is 46.5 Å². The van der Waals surface area contributed by atoms with E-state index in [9.17, 15) is 24.9 Å². The first kappa shape index (κ1) is 19.9. The molecule has 28 heavy (non-hydrogen) atoms. The highest BCUT2D eigenvalue weighted by molar-refractivity contribution is 6.01. The van der Waals surface area contributed by atoms with E-state index in [4.69, 9.17) is 0 Å². The minimum absolute atomic E-state index is 0.108. The summed E-state index contributed by atoms with van der Waals surface area (Å²) in [7, 11) is 0. The van der Waals surface area contributed by atoms with Crippen molar-refractivity contribution in [3.63, 3.8) is 0 Å². The van der Waals surface area contributed by atoms with Crippen LogP contribution in [0.2, 0.25) is 0 Å². The van der Waals surface area contributed by atoms with Crippen molar-refractivity contribution in [3.8, 4) is 0 Å². The summed E-state index contributed by atoms with van der Waals surface area (Å²) in [5.74, 6) is -2.08. The molecule has 4 aliphatic carbocycles. The van der Waals surface area contributed by atoms with E-state index in [0.29, 0.717) is 24.8 Å². The van der Waals surface area contributed by atoms with Gasteiger partial charge in [-0.3, -0.25) is 9.59 Å². The molecule has 0 amide bonds. The molecule has 4 rings (SSSR count). The number of ketones is 2. The highest BCUT2D eigenvalue weighted by atomic mass is 19.1. The average molecular weight is 392 g/mol. The molecule has 4 aliphatic rings. The van der Waals surface area contributed by atoms with Crippen LogP contribution in [-0.2, 0) is 9.59 Å². The molecular weight excluding hydrogens is 363 g/mol. The summed E-state index contributed by atoms with van der Waals surface area (Å²) in [6.07, 6.45) is 4.29. The Bertz CT molecular complexity index is 805. The molecule has 3 fully saturated rings. The highest BCUT2D eigenvalue weighted by Crippen LogP contribution is 2.67. The summed E-state index contributed by atoms with van der Waals surface area (Å²) in [5, 5.41) is 31.6. The van der Waals surface area contributed by atoms with Crippen LogP contribution in [0.5, 0.6) is 0 Å². The van der Waals surface area contributed by atoms with Gasteiger partial charge in [-0.15, -0.1) is 0 Å². The SMILES string of the molecule is C[C@H]1C[C@H]2[C@@H]3CCC4=CC(=O)C=C[C@]4(C)[C@@]3(F)[C@@H](O)C[C@]2(C)C(=O)[C@@]1(O)CO. The van der Waals surface area contributed by atoms with Gasteiger partial charge in [-0.05, 0) is 56.6 Å². The number of aliphatic hydroxyl groups excluding tert-OH is 2. The fourth-order valence-electron chi connectivity index (χ4n) is 6.78. The van der Waals surface area contributed by atoms with E-state index >= 15 is 4.39 Å². The Kier molecular flexibility index (Phi) is 4.15. The zero-order chi connectivity index (χ0) is 20.7. The summed E-state index contributed by atoms with van der Waals surface area (Å²) in [6.45, 7) is 4.47. The molecule has 0 saturated heterocycles. The molecule has 3 N–H and O–H groups in total. The van der Waals surface area contributed by atoms with Crippen molar-refractivity contribution in [2.75, 3.05) is 6.61 Å². The van der Waals surface area contributed by atoms with Crippen LogP contribution < -0.4 is 0 Å². The van der Waals surface area contributed by atoms with Crippen LogP contribution in [0, 0.1) is 28.6 Å². The first-order valence-corrected chi connectivity index (χ1v) is 10.1. The lowest BCUT2D eigenvalue weighted by Crippen LogP contribution is -2.72. The fourth-order valence-corrected chi connectivity index (χ4v) is 6.78. The summed E-state index contributed by atoms with van der Waals surface area (Å²) in [5.41, 5.74) is -5.35. The van der Waals surface area contributed by atoms with Crippen molar-refractivity contribution in [3.05, 3.63) is 23.8 Å². The zero-order valence-electron chi connectivity index (χ0n) is 16.6. The Balaban J connectivity index is 1.83. The number of aliphatic hydroxyl groups is 3. The van der Waals surface area contributed by atoms with Crippen molar-refractivity contribution in [2.24, 2.45) is 28.6 Å². The monoisotopic (exact) mass is 392 g/mol. The third-order valence-corrected chi connectivity index (χ3v) is 8.61. The van der Waals surface area contributed by atoms with Gasteiger partial charge in [-0.25, -0.2) is 4.39 Å². The highest BCUT2D eigenvalue weighted by Gasteiger charge is 2.72. The number of rotatable bonds is 1. The number of carbonyl (C=O) groups excluding carboxylic acids is 2. The lowest BCUT2D eigenvalue weighted by atomic mass is 9.41. The van der Waals surface area contributed by atoms with E-state index in [1.807, 2.05) is 0 Å². The average Bonchev–Trinajstić information content (AvgIpc) is 2.65. The van der Waals surface area contributed by atoms with Crippen molar-refractivity contribution in [1.29, 1.82) is 0 Å². The van der Waals surface area contributed by atoms with Gasteiger partial charge in [-0.1, -0.05) is 25.5 Å². The summed E-state index contributed by atoms with van der Waals surface area (Å²) in [4.78, 5) is 25.1. The van der Waals surface area contributed by atoms with Gasteiger partial charge >= 0.3 is 0 Å². The normalized spacial score (nSPS) is 53.2. The van der Waals surface area contributed by atoms with Gasteiger partial charge in [0.1, 0.15) is 5.60 Å². The standard InChI is InChI=1S/C22H29FO5/c1-12-8-16-15-5-4-13-9-14(25)6-7-20(13,3)22(15,23)17(26)10-19(16,2)18(27)21(12,28)11-24/h6-7,9,12,15-17,24,26,28H,4-5,8,10-11H2,1-3H3/t12-,15-,16-,17-,19-,20-,21+,22-/m0/s1. The van der Waals surface area contributed by atoms with Crippen LogP contribution in [0.4, 0.5) is 4.39 Å². The van der Waals surface area contributed by atoms with Crippen LogP contribution in [0.25, 0.3) is 0 Å². The smallest absolute Gasteiger partial charge is 0.178 e. The molecule has 0 spiro atoms. The first-order chi connectivity index (χ1) is 12.9. The van der Waals surface area contributed by atoms with Crippen LogP contribution in [0.15, 0.2) is 23.8 Å². The second-order valence-electron chi connectivity index (χ2n) is 9.81. The maximum absolute atomic E-state index is 16.9. The number of alkyl halides is 1. The minimum atomic E-state index is -1.99. The van der Waals surface area contributed by atoms with Gasteiger partial charge in [0.25, 0.3) is 0 Å². The number of carbonyl (C=O) groups is 2. The number of Topliss-reactive ketones (excluding diaryl/α,β-unsaturated/α-hetero) is 1. The van der Waals surface area contributed by atoms with Crippen molar-refractivity contribution in [2.45, 2.75) is 63.8 Å². The summed E-state index contributed by atoms with van der Waals surface area (Å²) < 4.78 is 16.9. The number of hydrogen-bond acceptors (Lipinski definition) is 5. The first-order valence-electron chi connectivity index (χ1n) is 10.1. The second kappa shape index (κ2) is 5.83. The van der Waals surface area contributed by atoms with E-state index in [1.54, 1.807) is 26.8 Å². The predicted octanol–water partition coefficient (Wildman–Crippen LogP) is 1.90. The van der Waals surface area contributed by atoms with Gasteiger partial charge in [0.15, 0.2) is 17.2 Å². The molecule has 6 heteroatoms. The Labute approximate surface area is 164 Å². The van der Waals surface area contributed by atoms with Crippen LogP contribution >= 0.6 is 0 Å². The molecular formula is C22H29FO5.